The van der Waals surface area contributed by atoms with Crippen LogP contribution in [-0.2, 0) is 12.0 Å². The zero-order valence-corrected chi connectivity index (χ0v) is 15.9. The van der Waals surface area contributed by atoms with Crippen LogP contribution in [0.15, 0.2) is 36.5 Å². The van der Waals surface area contributed by atoms with Gasteiger partial charge in [-0.3, -0.25) is 4.79 Å². The summed E-state index contributed by atoms with van der Waals surface area (Å²) in [6, 6.07) is 10.4. The minimum absolute atomic E-state index is 0.0615. The Labute approximate surface area is 156 Å². The number of hydrogen-bond donors (Lipinski definition) is 1. The summed E-state index contributed by atoms with van der Waals surface area (Å²) in [6.45, 7) is 4.48. The van der Waals surface area contributed by atoms with E-state index in [1.54, 1.807) is 6.20 Å². The molecule has 4 rings (SSSR count). The Morgan fingerprint density at radius 3 is 2.65 bits per heavy atom. The maximum absolute atomic E-state index is 12.9. The minimum Gasteiger partial charge on any atom is -0.367 e. The molecule has 0 saturated heterocycles. The van der Waals surface area contributed by atoms with Gasteiger partial charge in [-0.1, -0.05) is 49.6 Å². The molecule has 0 amide bonds. The van der Waals surface area contributed by atoms with E-state index in [0.717, 1.165) is 23.4 Å². The first kappa shape index (κ1) is 17.3. The van der Waals surface area contributed by atoms with Crippen LogP contribution in [0.1, 0.15) is 68.3 Å². The number of anilines is 1. The largest absolute Gasteiger partial charge is 0.367 e. The number of nitrogens with one attached hydrogen (secondary N) is 1. The molecular weight excluding hydrogens is 322 g/mol. The lowest BCUT2D eigenvalue weighted by molar-refractivity contribution is 0.0993. The zero-order chi connectivity index (χ0) is 18.1. The first-order chi connectivity index (χ1) is 12.5. The highest BCUT2D eigenvalue weighted by Gasteiger charge is 2.39. The number of aromatic nitrogens is 2. The fraction of sp³-hybridized carbons (Fsp3) is 0.545. The molecule has 1 N–H and O–H groups in total. The molecule has 1 saturated carbocycles. The summed E-state index contributed by atoms with van der Waals surface area (Å²) < 4.78 is 2.03. The Balaban J connectivity index is 1.60. The van der Waals surface area contributed by atoms with Crippen molar-refractivity contribution in [2.45, 2.75) is 70.4 Å². The van der Waals surface area contributed by atoms with E-state index in [4.69, 9.17) is 0 Å². The summed E-state index contributed by atoms with van der Waals surface area (Å²) in [5.74, 6) is 1.78. The molecule has 2 aromatic rings. The highest BCUT2D eigenvalue weighted by Crippen LogP contribution is 2.39. The summed E-state index contributed by atoms with van der Waals surface area (Å²) in [6.07, 6.45) is 9.90. The van der Waals surface area contributed by atoms with Gasteiger partial charge < -0.3 is 5.32 Å². The molecule has 0 radical (unpaired) electrons. The van der Waals surface area contributed by atoms with E-state index in [-0.39, 0.29) is 11.3 Å². The fourth-order valence-electron chi connectivity index (χ4n) is 4.70. The molecule has 1 aromatic carbocycles. The van der Waals surface area contributed by atoms with E-state index in [2.05, 4.69) is 24.3 Å². The van der Waals surface area contributed by atoms with E-state index >= 15 is 0 Å². The maximum Gasteiger partial charge on any atom is 0.172 e. The van der Waals surface area contributed by atoms with Crippen molar-refractivity contribution in [2.75, 3.05) is 5.32 Å². The van der Waals surface area contributed by atoms with E-state index < -0.39 is 0 Å². The van der Waals surface area contributed by atoms with Crippen molar-refractivity contribution in [3.63, 3.8) is 0 Å². The van der Waals surface area contributed by atoms with Crippen LogP contribution in [0.4, 0.5) is 5.82 Å². The highest BCUT2D eigenvalue weighted by atomic mass is 16.1. The average Bonchev–Trinajstić information content (AvgIpc) is 3.08. The van der Waals surface area contributed by atoms with Crippen molar-refractivity contribution in [2.24, 2.45) is 5.92 Å². The second-order valence-electron chi connectivity index (χ2n) is 8.57. The van der Waals surface area contributed by atoms with Gasteiger partial charge in [0.25, 0.3) is 0 Å². The maximum atomic E-state index is 12.9. The monoisotopic (exact) mass is 351 g/mol. The smallest absolute Gasteiger partial charge is 0.172 e. The van der Waals surface area contributed by atoms with Crippen LogP contribution in [0.2, 0.25) is 0 Å². The van der Waals surface area contributed by atoms with Gasteiger partial charge in [0.15, 0.2) is 5.78 Å². The minimum atomic E-state index is -0.0615. The second kappa shape index (κ2) is 6.90. The topological polar surface area (TPSA) is 46.9 Å². The van der Waals surface area contributed by atoms with Crippen LogP contribution in [0.25, 0.3) is 0 Å². The molecule has 26 heavy (non-hydrogen) atoms. The molecule has 1 aliphatic heterocycles. The van der Waals surface area contributed by atoms with E-state index in [0.29, 0.717) is 18.4 Å². The van der Waals surface area contributed by atoms with Crippen LogP contribution < -0.4 is 5.32 Å². The van der Waals surface area contributed by atoms with Crippen LogP contribution in [0.3, 0.4) is 0 Å². The van der Waals surface area contributed by atoms with E-state index in [1.165, 1.54) is 32.1 Å². The normalized spacial score (nSPS) is 22.5. The quantitative estimate of drug-likeness (QED) is 0.804. The van der Waals surface area contributed by atoms with E-state index in [1.807, 2.05) is 35.0 Å². The number of benzene rings is 1. The fourth-order valence-corrected chi connectivity index (χ4v) is 4.70. The Kier molecular flexibility index (Phi) is 4.60. The molecule has 0 bridgehead atoms. The number of ketones is 1. The molecule has 1 fully saturated rings. The molecule has 1 unspecified atom stereocenters. The van der Waals surface area contributed by atoms with Crippen molar-refractivity contribution >= 4 is 11.6 Å². The van der Waals surface area contributed by atoms with E-state index in [9.17, 15) is 4.79 Å². The molecule has 138 valence electrons. The van der Waals surface area contributed by atoms with Gasteiger partial charge in [-0.25, -0.2) is 4.68 Å². The third kappa shape index (κ3) is 3.29. The predicted molar refractivity (Wildman–Crippen MR) is 105 cm³/mol. The van der Waals surface area contributed by atoms with Gasteiger partial charge in [0.1, 0.15) is 5.82 Å². The molecular formula is C22H29N3O. The number of carbonyl (C=O) groups is 1. The van der Waals surface area contributed by atoms with Crippen molar-refractivity contribution in [3.05, 3.63) is 47.7 Å². The summed E-state index contributed by atoms with van der Waals surface area (Å²) >= 11 is 0. The Morgan fingerprint density at radius 2 is 1.92 bits per heavy atom. The molecule has 4 nitrogen and oxygen atoms in total. The van der Waals surface area contributed by atoms with Crippen LogP contribution in [-0.4, -0.2) is 21.6 Å². The molecule has 2 heterocycles. The Morgan fingerprint density at radius 1 is 1.19 bits per heavy atom. The van der Waals surface area contributed by atoms with Crippen molar-refractivity contribution < 1.29 is 4.79 Å². The van der Waals surface area contributed by atoms with Crippen LogP contribution >= 0.6 is 0 Å². The van der Waals surface area contributed by atoms with Crippen molar-refractivity contribution in [1.29, 1.82) is 0 Å². The average molecular weight is 351 g/mol. The van der Waals surface area contributed by atoms with Gasteiger partial charge in [-0.15, -0.1) is 0 Å². The molecule has 1 aliphatic carbocycles. The molecule has 0 spiro atoms. The Bertz CT molecular complexity index is 772. The SMILES string of the molecule is CC1(C)CC(C2CCCCC2)Nc2c(C(=O)Cc3ccccc3)cnn21. The second-order valence-corrected chi connectivity index (χ2v) is 8.57. The number of carbonyl (C=O) groups excluding carboxylic acids is 1. The van der Waals surface area contributed by atoms with Gasteiger partial charge in [-0.05, 0) is 44.6 Å². The summed E-state index contributed by atoms with van der Waals surface area (Å²) in [7, 11) is 0. The molecule has 4 heteroatoms. The number of hydrogen-bond acceptors (Lipinski definition) is 3. The number of fused-ring (bicyclic) bond motifs is 1. The first-order valence-electron chi connectivity index (χ1n) is 9.97. The predicted octanol–water partition coefficient (Wildman–Crippen LogP) is 4.81. The van der Waals surface area contributed by atoms with Gasteiger partial charge >= 0.3 is 0 Å². The van der Waals surface area contributed by atoms with Gasteiger partial charge in [-0.2, -0.15) is 5.10 Å². The molecule has 1 atom stereocenters. The lowest BCUT2D eigenvalue weighted by Crippen LogP contribution is -2.45. The highest BCUT2D eigenvalue weighted by molar-refractivity contribution is 6.01. The van der Waals surface area contributed by atoms with Crippen LogP contribution in [0, 0.1) is 5.92 Å². The molecule has 1 aromatic heterocycles. The summed E-state index contributed by atoms with van der Waals surface area (Å²) in [5, 5.41) is 8.30. The van der Waals surface area contributed by atoms with Crippen molar-refractivity contribution in [3.8, 4) is 0 Å². The zero-order valence-electron chi connectivity index (χ0n) is 15.9. The number of nitrogens with zero attached hydrogens (tertiary/aromatic N) is 2. The Hall–Kier alpha value is -2.10. The lowest BCUT2D eigenvalue weighted by Gasteiger charge is -2.42. The van der Waals surface area contributed by atoms with Gasteiger partial charge in [0, 0.05) is 12.5 Å². The van der Waals surface area contributed by atoms with Gasteiger partial charge in [0.2, 0.25) is 0 Å². The first-order valence-corrected chi connectivity index (χ1v) is 9.97. The number of rotatable bonds is 4. The van der Waals surface area contributed by atoms with Crippen LogP contribution in [0.5, 0.6) is 0 Å². The summed E-state index contributed by atoms with van der Waals surface area (Å²) in [4.78, 5) is 12.9. The van der Waals surface area contributed by atoms with Gasteiger partial charge in [0.05, 0.1) is 17.3 Å². The molecule has 2 aliphatic rings. The lowest BCUT2D eigenvalue weighted by atomic mass is 9.78. The summed E-state index contributed by atoms with van der Waals surface area (Å²) in [5.41, 5.74) is 1.73. The standard InChI is InChI=1S/C22H29N3O/c1-22(2)14-19(17-11-7-4-8-12-17)24-21-18(15-23-25(21)22)20(26)13-16-9-5-3-6-10-16/h3,5-6,9-10,15,17,19,24H,4,7-8,11-14H2,1-2H3. The third-order valence-electron chi connectivity index (χ3n) is 6.11. The third-order valence-corrected chi connectivity index (χ3v) is 6.11. The number of Topliss-reactive ketones (excluding diaryl/α,β-unsaturated/α-hetero) is 1. The van der Waals surface area contributed by atoms with Crippen molar-refractivity contribution in [1.82, 2.24) is 9.78 Å².